The molecule has 2 atom stereocenters. The van der Waals surface area contributed by atoms with Gasteiger partial charge >= 0.3 is 0 Å². The summed E-state index contributed by atoms with van der Waals surface area (Å²) < 4.78 is 5.99. The highest BCUT2D eigenvalue weighted by Crippen LogP contribution is 2.17. The number of benzene rings is 1. The number of aliphatic hydroxyl groups excluding tert-OH is 1. The van der Waals surface area contributed by atoms with Crippen molar-refractivity contribution < 1.29 is 9.84 Å². The summed E-state index contributed by atoms with van der Waals surface area (Å²) in [4.78, 5) is 0. The number of hydrogen-bond acceptors (Lipinski definition) is 3. The molecule has 4 heteroatoms. The Hall–Kier alpha value is -0.420. The average molecular weight is 288 g/mol. The molecule has 2 N–H and O–H groups in total. The minimum absolute atomic E-state index is 0.242. The summed E-state index contributed by atoms with van der Waals surface area (Å²) in [6.45, 7) is 3.20. The number of aliphatic hydroxyl groups is 1. The van der Waals surface area contributed by atoms with E-state index in [2.05, 4.69) is 21.2 Å². The zero-order valence-electron chi connectivity index (χ0n) is 9.61. The van der Waals surface area contributed by atoms with Crippen molar-refractivity contribution in [3.05, 3.63) is 34.3 Å². The van der Waals surface area contributed by atoms with Crippen molar-refractivity contribution in [2.75, 3.05) is 20.3 Å². The van der Waals surface area contributed by atoms with Crippen LogP contribution in [0.25, 0.3) is 0 Å². The van der Waals surface area contributed by atoms with Crippen molar-refractivity contribution in [3.8, 4) is 0 Å². The summed E-state index contributed by atoms with van der Waals surface area (Å²) >= 11 is 3.38. The minimum Gasteiger partial charge on any atom is -0.387 e. The molecule has 0 saturated heterocycles. The number of halogens is 1. The molecule has 1 aromatic rings. The lowest BCUT2D eigenvalue weighted by Gasteiger charge is -2.16. The number of rotatable bonds is 6. The molecule has 16 heavy (non-hydrogen) atoms. The van der Waals surface area contributed by atoms with Gasteiger partial charge < -0.3 is 15.2 Å². The van der Waals surface area contributed by atoms with Crippen molar-refractivity contribution in [2.45, 2.75) is 19.1 Å². The normalized spacial score (nSPS) is 14.8. The predicted octanol–water partition coefficient (Wildman–Crippen LogP) is 2.11. The van der Waals surface area contributed by atoms with E-state index in [1.165, 1.54) is 0 Å². The second-order valence-corrected chi connectivity index (χ2v) is 4.75. The van der Waals surface area contributed by atoms with Crippen LogP contribution in [0.5, 0.6) is 0 Å². The zero-order chi connectivity index (χ0) is 12.0. The molecule has 0 radical (unpaired) electrons. The van der Waals surface area contributed by atoms with Gasteiger partial charge in [-0.05, 0) is 24.6 Å². The van der Waals surface area contributed by atoms with Gasteiger partial charge in [0.25, 0.3) is 0 Å². The van der Waals surface area contributed by atoms with E-state index in [1.807, 2.05) is 31.2 Å². The van der Waals surface area contributed by atoms with E-state index >= 15 is 0 Å². The Morgan fingerprint density at radius 2 is 2.25 bits per heavy atom. The highest BCUT2D eigenvalue weighted by molar-refractivity contribution is 9.10. The lowest BCUT2D eigenvalue weighted by atomic mass is 10.1. The van der Waals surface area contributed by atoms with Gasteiger partial charge in [0.15, 0.2) is 0 Å². The largest absolute Gasteiger partial charge is 0.387 e. The summed E-state index contributed by atoms with van der Waals surface area (Å²) in [5.41, 5.74) is 0.909. The van der Waals surface area contributed by atoms with E-state index in [9.17, 15) is 5.11 Å². The summed E-state index contributed by atoms with van der Waals surface area (Å²) in [5, 5.41) is 13.1. The van der Waals surface area contributed by atoms with Crippen LogP contribution in [-0.4, -0.2) is 31.4 Å². The molecular weight excluding hydrogens is 270 g/mol. The van der Waals surface area contributed by atoms with Crippen molar-refractivity contribution in [1.29, 1.82) is 0 Å². The molecule has 1 rings (SSSR count). The van der Waals surface area contributed by atoms with Crippen LogP contribution in [0.2, 0.25) is 0 Å². The van der Waals surface area contributed by atoms with Gasteiger partial charge in [-0.15, -0.1) is 0 Å². The third-order valence-corrected chi connectivity index (χ3v) is 2.80. The molecule has 1 aromatic carbocycles. The second-order valence-electron chi connectivity index (χ2n) is 3.84. The highest BCUT2D eigenvalue weighted by atomic mass is 79.9. The van der Waals surface area contributed by atoms with Crippen molar-refractivity contribution >= 4 is 15.9 Å². The van der Waals surface area contributed by atoms with Gasteiger partial charge in [-0.3, -0.25) is 0 Å². The standard InChI is InChI=1S/C12H18BrNO2/c1-9(8-16-2)14-7-12(15)10-4-3-5-11(13)6-10/h3-6,9,12,14-15H,7-8H2,1-2H3. The molecule has 90 valence electrons. The van der Waals surface area contributed by atoms with Crippen LogP contribution in [0.1, 0.15) is 18.6 Å². The van der Waals surface area contributed by atoms with E-state index in [0.29, 0.717) is 13.2 Å². The van der Waals surface area contributed by atoms with Crippen LogP contribution < -0.4 is 5.32 Å². The van der Waals surface area contributed by atoms with Crippen LogP contribution in [0.15, 0.2) is 28.7 Å². The van der Waals surface area contributed by atoms with Crippen molar-refractivity contribution in [2.24, 2.45) is 0 Å². The Balaban J connectivity index is 2.43. The first-order chi connectivity index (χ1) is 7.63. The Bertz CT molecular complexity index is 320. The maximum absolute atomic E-state index is 9.94. The van der Waals surface area contributed by atoms with Crippen LogP contribution in [0.3, 0.4) is 0 Å². The summed E-state index contributed by atoms with van der Waals surface area (Å²) in [6.07, 6.45) is -0.489. The van der Waals surface area contributed by atoms with Crippen molar-refractivity contribution in [1.82, 2.24) is 5.32 Å². The van der Waals surface area contributed by atoms with Gasteiger partial charge in [0, 0.05) is 24.2 Å². The van der Waals surface area contributed by atoms with Crippen molar-refractivity contribution in [3.63, 3.8) is 0 Å². The van der Waals surface area contributed by atoms with E-state index in [0.717, 1.165) is 10.0 Å². The first kappa shape index (κ1) is 13.6. The molecule has 0 heterocycles. The van der Waals surface area contributed by atoms with E-state index in [-0.39, 0.29) is 6.04 Å². The molecule has 0 spiro atoms. The van der Waals surface area contributed by atoms with Crippen LogP contribution >= 0.6 is 15.9 Å². The third-order valence-electron chi connectivity index (χ3n) is 2.31. The first-order valence-corrected chi connectivity index (χ1v) is 6.08. The molecule has 0 fully saturated rings. The molecule has 0 aliphatic heterocycles. The van der Waals surface area contributed by atoms with E-state index in [4.69, 9.17) is 4.74 Å². The van der Waals surface area contributed by atoms with E-state index in [1.54, 1.807) is 7.11 Å². The lowest BCUT2D eigenvalue weighted by molar-refractivity contribution is 0.143. The second kappa shape index (κ2) is 7.01. The average Bonchev–Trinajstić information content (AvgIpc) is 2.26. The maximum atomic E-state index is 9.94. The van der Waals surface area contributed by atoms with Crippen LogP contribution in [0, 0.1) is 0 Å². The molecule has 0 bridgehead atoms. The topological polar surface area (TPSA) is 41.5 Å². The fraction of sp³-hybridized carbons (Fsp3) is 0.500. The SMILES string of the molecule is COCC(C)NCC(O)c1cccc(Br)c1. The number of ether oxygens (including phenoxy) is 1. The smallest absolute Gasteiger partial charge is 0.0914 e. The Morgan fingerprint density at radius 3 is 2.88 bits per heavy atom. The Labute approximate surface area is 105 Å². The maximum Gasteiger partial charge on any atom is 0.0914 e. The minimum atomic E-state index is -0.489. The van der Waals surface area contributed by atoms with Crippen LogP contribution in [-0.2, 0) is 4.74 Å². The molecule has 0 saturated carbocycles. The Kier molecular flexibility index (Phi) is 5.98. The van der Waals surface area contributed by atoms with Gasteiger partial charge in [-0.25, -0.2) is 0 Å². The summed E-state index contributed by atoms with van der Waals surface area (Å²) in [7, 11) is 1.67. The summed E-state index contributed by atoms with van der Waals surface area (Å²) in [6, 6.07) is 7.94. The van der Waals surface area contributed by atoms with Gasteiger partial charge in [-0.1, -0.05) is 28.1 Å². The molecular formula is C12H18BrNO2. The molecule has 3 nitrogen and oxygen atoms in total. The number of methoxy groups -OCH3 is 1. The molecule has 2 unspecified atom stereocenters. The highest BCUT2D eigenvalue weighted by Gasteiger charge is 2.09. The molecule has 0 aromatic heterocycles. The van der Waals surface area contributed by atoms with Gasteiger partial charge in [0.2, 0.25) is 0 Å². The van der Waals surface area contributed by atoms with Crippen LogP contribution in [0.4, 0.5) is 0 Å². The zero-order valence-corrected chi connectivity index (χ0v) is 11.2. The molecule has 0 aliphatic carbocycles. The number of hydrogen-bond donors (Lipinski definition) is 2. The third kappa shape index (κ3) is 4.61. The fourth-order valence-corrected chi connectivity index (χ4v) is 1.87. The molecule has 0 aliphatic rings. The van der Waals surface area contributed by atoms with Gasteiger partial charge in [0.05, 0.1) is 12.7 Å². The predicted molar refractivity (Wildman–Crippen MR) is 68.4 cm³/mol. The Morgan fingerprint density at radius 1 is 1.50 bits per heavy atom. The summed E-state index contributed by atoms with van der Waals surface area (Å²) in [5.74, 6) is 0. The van der Waals surface area contributed by atoms with E-state index < -0.39 is 6.10 Å². The number of nitrogens with one attached hydrogen (secondary N) is 1. The fourth-order valence-electron chi connectivity index (χ4n) is 1.45. The monoisotopic (exact) mass is 287 g/mol. The molecule has 0 amide bonds. The quantitative estimate of drug-likeness (QED) is 0.842. The first-order valence-electron chi connectivity index (χ1n) is 5.29. The van der Waals surface area contributed by atoms with Gasteiger partial charge in [-0.2, -0.15) is 0 Å². The lowest BCUT2D eigenvalue weighted by Crippen LogP contribution is -2.33. The van der Waals surface area contributed by atoms with Gasteiger partial charge in [0.1, 0.15) is 0 Å².